The smallest absolute Gasteiger partial charge is 0.374 e. The van der Waals surface area contributed by atoms with Crippen LogP contribution in [-0.2, 0) is 14.4 Å². The van der Waals surface area contributed by atoms with Gasteiger partial charge in [-0.1, -0.05) is 69.2 Å². The van der Waals surface area contributed by atoms with Crippen molar-refractivity contribution >= 4 is 31.9 Å². The van der Waals surface area contributed by atoms with Gasteiger partial charge in [0, 0.05) is 19.0 Å². The zero-order chi connectivity index (χ0) is 33.2. The highest BCUT2D eigenvalue weighted by Gasteiger charge is 2.70. The van der Waals surface area contributed by atoms with Crippen molar-refractivity contribution in [2.45, 2.75) is 107 Å². The minimum atomic E-state index is -0.934. The van der Waals surface area contributed by atoms with E-state index in [1.807, 2.05) is 46.4 Å². The molecule has 0 spiro atoms. The predicted molar refractivity (Wildman–Crippen MR) is 168 cm³/mol. The zero-order valence-corrected chi connectivity index (χ0v) is 28.3. The number of carbonyl (C=O) groups is 3. The molecule has 0 radical (unpaired) electrons. The topological polar surface area (TPSA) is 163 Å². The summed E-state index contributed by atoms with van der Waals surface area (Å²) in [5, 5.41) is 44.3. The van der Waals surface area contributed by atoms with Crippen LogP contribution in [0.3, 0.4) is 0 Å². The van der Waals surface area contributed by atoms with Gasteiger partial charge in [0.1, 0.15) is 6.04 Å². The molecule has 2 saturated heterocycles. The SMILES string of the molecule is CB(O)N[C@H](C(=O)N1C[C@H]2[C@@H]([C@H]1C(=O)O)C2(C)C)C(C)(C)C.CB(O)N[C@H](C(=O)N1C[C@H]2[C@@H]([C@H]1CO)C2(C)C)C(C)(C)C. The molecule has 8 atom stereocenters. The molecule has 0 unspecified atom stereocenters. The van der Waals surface area contributed by atoms with E-state index in [0.29, 0.717) is 18.4 Å². The minimum absolute atomic E-state index is 0.00519. The van der Waals surface area contributed by atoms with Gasteiger partial charge >= 0.3 is 20.1 Å². The highest BCUT2D eigenvalue weighted by molar-refractivity contribution is 6.46. The van der Waals surface area contributed by atoms with E-state index in [4.69, 9.17) is 0 Å². The second kappa shape index (κ2) is 11.9. The Morgan fingerprint density at radius 2 is 1.16 bits per heavy atom. The largest absolute Gasteiger partial charge is 0.480 e. The molecular formula is C30H56B2N4O7. The number of aliphatic hydroxyl groups excluding tert-OH is 1. The highest BCUT2D eigenvalue weighted by Crippen LogP contribution is 2.65. The maximum Gasteiger partial charge on any atom is 0.374 e. The van der Waals surface area contributed by atoms with Crippen molar-refractivity contribution in [1.82, 2.24) is 20.3 Å². The molecule has 4 aliphatic rings. The van der Waals surface area contributed by atoms with E-state index in [1.165, 1.54) is 4.90 Å². The van der Waals surface area contributed by atoms with Gasteiger partial charge in [0.05, 0.1) is 24.7 Å². The predicted octanol–water partition coefficient (Wildman–Crippen LogP) is 1.24. The van der Waals surface area contributed by atoms with E-state index in [-0.39, 0.29) is 52.5 Å². The standard InChI is InChI=1S/C15H27BN2O4.C15H29BN2O3/c1-14(2,3)11(17-16(6)22)12(19)18-7-8-9(15(8,4)5)10(18)13(20)21;1-14(2,3)12(17-16(6)21)13(20)18-7-9-11(10(18)8-19)15(9,4)5/h8-11,17,22H,7H2,1-6H3,(H,20,21);9-12,17,19,21H,7-8H2,1-6H3/t8-,9-,10-,11+;9-,10+,11-,12+/m00/s1. The first kappa shape index (κ1) is 35.8. The highest BCUT2D eigenvalue weighted by atomic mass is 16.4. The number of fused-ring (bicyclic) bond motifs is 2. The molecule has 2 amide bonds. The molecule has 4 rings (SSSR count). The average Bonchev–Trinajstić information content (AvgIpc) is 3.36. The quantitative estimate of drug-likeness (QED) is 0.223. The maximum atomic E-state index is 12.9. The van der Waals surface area contributed by atoms with Crippen LogP contribution in [-0.4, -0.2) is 106 Å². The summed E-state index contributed by atoms with van der Waals surface area (Å²) >= 11 is 0. The van der Waals surface area contributed by atoms with Gasteiger partial charge in [0.15, 0.2) is 0 Å². The number of likely N-dealkylation sites (tertiary alicyclic amines) is 2. The number of carboxylic acids is 1. The summed E-state index contributed by atoms with van der Waals surface area (Å²) in [6.45, 7) is 24.6. The molecule has 244 valence electrons. The maximum absolute atomic E-state index is 12.9. The van der Waals surface area contributed by atoms with Crippen LogP contribution in [0.4, 0.5) is 0 Å². The van der Waals surface area contributed by atoms with Crippen LogP contribution in [0.5, 0.6) is 0 Å². The fraction of sp³-hybridized carbons (Fsp3) is 0.900. The Kier molecular flexibility index (Phi) is 9.94. The van der Waals surface area contributed by atoms with Crippen LogP contribution in [0.15, 0.2) is 0 Å². The summed E-state index contributed by atoms with van der Waals surface area (Å²) in [5.74, 6) is 0.000560. The molecule has 0 aromatic heterocycles. The number of rotatable bonds is 8. The molecule has 0 aromatic rings. The summed E-state index contributed by atoms with van der Waals surface area (Å²) < 4.78 is 0. The van der Waals surface area contributed by atoms with E-state index >= 15 is 0 Å². The van der Waals surface area contributed by atoms with Crippen molar-refractivity contribution < 1.29 is 34.6 Å². The minimum Gasteiger partial charge on any atom is -0.480 e. The van der Waals surface area contributed by atoms with Crippen LogP contribution in [0.25, 0.3) is 0 Å². The summed E-state index contributed by atoms with van der Waals surface area (Å²) in [7, 11) is -1.57. The summed E-state index contributed by atoms with van der Waals surface area (Å²) in [6, 6.07) is -1.91. The molecule has 2 aliphatic heterocycles. The van der Waals surface area contributed by atoms with Gasteiger partial charge in [-0.15, -0.1) is 0 Å². The van der Waals surface area contributed by atoms with Crippen LogP contribution >= 0.6 is 0 Å². The number of aliphatic hydroxyl groups is 1. The van der Waals surface area contributed by atoms with Gasteiger partial charge < -0.3 is 40.5 Å². The van der Waals surface area contributed by atoms with Crippen molar-refractivity contribution in [2.75, 3.05) is 19.7 Å². The third-order valence-corrected chi connectivity index (χ3v) is 10.6. The van der Waals surface area contributed by atoms with Crippen molar-refractivity contribution in [3.8, 4) is 0 Å². The molecule has 2 saturated carbocycles. The number of aliphatic carboxylic acids is 1. The summed E-state index contributed by atoms with van der Waals surface area (Å²) in [4.78, 5) is 40.8. The second-order valence-corrected chi connectivity index (χ2v) is 16.7. The molecule has 6 N–H and O–H groups in total. The Hall–Kier alpha value is -1.66. The molecule has 2 aliphatic carbocycles. The number of nitrogens with one attached hydrogen (secondary N) is 2. The number of hydrogen-bond acceptors (Lipinski definition) is 8. The van der Waals surface area contributed by atoms with Crippen molar-refractivity contribution in [2.24, 2.45) is 45.3 Å². The zero-order valence-electron chi connectivity index (χ0n) is 28.3. The summed E-state index contributed by atoms with van der Waals surface area (Å²) in [6.07, 6.45) is 0. The van der Waals surface area contributed by atoms with Crippen LogP contribution in [0.2, 0.25) is 13.6 Å². The monoisotopic (exact) mass is 606 g/mol. The number of piperidine rings is 2. The molecule has 0 aromatic carbocycles. The molecule has 0 bridgehead atoms. The number of nitrogens with zero attached hydrogens (tertiary/aromatic N) is 2. The third kappa shape index (κ3) is 6.95. The lowest BCUT2D eigenvalue weighted by Gasteiger charge is -2.38. The lowest BCUT2D eigenvalue weighted by Crippen LogP contribution is -2.59. The molecule has 11 nitrogen and oxygen atoms in total. The van der Waals surface area contributed by atoms with E-state index in [0.717, 1.165) is 6.54 Å². The first-order valence-electron chi connectivity index (χ1n) is 15.7. The lowest BCUT2D eigenvalue weighted by atomic mass is 9.78. The fourth-order valence-corrected chi connectivity index (χ4v) is 7.90. The fourth-order valence-electron chi connectivity index (χ4n) is 7.90. The Bertz CT molecular complexity index is 1070. The molecular weight excluding hydrogens is 550 g/mol. The van der Waals surface area contributed by atoms with E-state index < -0.39 is 43.6 Å². The van der Waals surface area contributed by atoms with Crippen LogP contribution in [0.1, 0.15) is 69.2 Å². The van der Waals surface area contributed by atoms with Crippen LogP contribution < -0.4 is 10.5 Å². The number of amides is 2. The third-order valence-electron chi connectivity index (χ3n) is 10.6. The van der Waals surface area contributed by atoms with Gasteiger partial charge in [-0.05, 0) is 53.1 Å². The number of hydrogen-bond donors (Lipinski definition) is 6. The first-order chi connectivity index (χ1) is 19.4. The van der Waals surface area contributed by atoms with Crippen molar-refractivity contribution in [3.05, 3.63) is 0 Å². The lowest BCUT2D eigenvalue weighted by molar-refractivity contribution is -0.152. The van der Waals surface area contributed by atoms with E-state index in [2.05, 4.69) is 38.2 Å². The number of carbonyl (C=O) groups excluding carboxylic acids is 2. The Morgan fingerprint density at radius 1 is 0.791 bits per heavy atom. The van der Waals surface area contributed by atoms with Gasteiger partial charge in [-0.3, -0.25) is 9.59 Å². The summed E-state index contributed by atoms with van der Waals surface area (Å²) in [5.41, 5.74) is -0.482. The molecule has 43 heavy (non-hydrogen) atoms. The van der Waals surface area contributed by atoms with Crippen molar-refractivity contribution in [3.63, 3.8) is 0 Å². The van der Waals surface area contributed by atoms with E-state index in [1.54, 1.807) is 13.6 Å². The second-order valence-electron chi connectivity index (χ2n) is 16.7. The first-order valence-corrected chi connectivity index (χ1v) is 15.7. The Morgan fingerprint density at radius 3 is 1.53 bits per heavy atom. The van der Waals surface area contributed by atoms with E-state index in [9.17, 15) is 34.6 Å². The van der Waals surface area contributed by atoms with Gasteiger partial charge in [0.2, 0.25) is 11.8 Å². The van der Waals surface area contributed by atoms with Crippen molar-refractivity contribution in [1.29, 1.82) is 0 Å². The molecule has 13 heteroatoms. The van der Waals surface area contributed by atoms with Gasteiger partial charge in [-0.25, -0.2) is 4.79 Å². The van der Waals surface area contributed by atoms with Crippen LogP contribution in [0, 0.1) is 45.3 Å². The Balaban J connectivity index is 0.000000236. The molecule has 2 heterocycles. The normalized spacial score (nSPS) is 31.2. The van der Waals surface area contributed by atoms with Gasteiger partial charge in [0.25, 0.3) is 0 Å². The Labute approximate surface area is 258 Å². The number of carboxylic acid groups (broad SMARTS) is 1. The van der Waals surface area contributed by atoms with Gasteiger partial charge in [-0.2, -0.15) is 0 Å². The average molecular weight is 606 g/mol. The molecule has 4 fully saturated rings.